The van der Waals surface area contributed by atoms with Crippen molar-refractivity contribution in [3.8, 4) is 0 Å². The van der Waals surface area contributed by atoms with Gasteiger partial charge in [0.1, 0.15) is 18.3 Å². The predicted octanol–water partition coefficient (Wildman–Crippen LogP) is -2.63. The van der Waals surface area contributed by atoms with Crippen LogP contribution in [0, 0.1) is 0 Å². The molecule has 8 heteroatoms. The van der Waals surface area contributed by atoms with Crippen LogP contribution in [-0.4, -0.2) is 62.3 Å². The first kappa shape index (κ1) is 11.7. The second kappa shape index (κ2) is 3.33. The average Bonchev–Trinajstić information content (AvgIpc) is 2.09. The molecule has 0 aromatic heterocycles. The van der Waals surface area contributed by atoms with E-state index >= 15 is 0 Å². The Morgan fingerprint density at radius 2 is 1.71 bits per heavy atom. The molecule has 0 bridgehead atoms. The van der Waals surface area contributed by atoms with Crippen LogP contribution in [0.5, 0.6) is 0 Å². The molecule has 0 aromatic carbocycles. The van der Waals surface area contributed by atoms with E-state index in [-0.39, 0.29) is 0 Å². The smallest absolute Gasteiger partial charge is 0.381 e. The van der Waals surface area contributed by atoms with Gasteiger partial charge in [-0.15, -0.1) is 0 Å². The van der Waals surface area contributed by atoms with Gasteiger partial charge in [-0.2, -0.15) is 8.78 Å². The third-order valence-electron chi connectivity index (χ3n) is 2.02. The second-order valence-electron chi connectivity index (χ2n) is 3.01. The molecule has 1 aliphatic rings. The van der Waals surface area contributed by atoms with Gasteiger partial charge in [0, 0.05) is 0 Å². The van der Waals surface area contributed by atoms with Crippen LogP contribution in [0.1, 0.15) is 0 Å². The van der Waals surface area contributed by atoms with E-state index in [1.54, 1.807) is 0 Å². The third-order valence-corrected chi connectivity index (χ3v) is 2.02. The maximum atomic E-state index is 12.9. The lowest BCUT2D eigenvalue weighted by Crippen LogP contribution is -2.69. The fourth-order valence-electron chi connectivity index (χ4n) is 1.11. The van der Waals surface area contributed by atoms with Crippen LogP contribution >= 0.6 is 0 Å². The van der Waals surface area contributed by atoms with E-state index in [0.29, 0.717) is 0 Å². The lowest BCUT2D eigenvalue weighted by molar-refractivity contribution is -0.471. The van der Waals surface area contributed by atoms with Gasteiger partial charge in [0.15, 0.2) is 0 Å². The number of rotatable bonds is 1. The van der Waals surface area contributed by atoms with Gasteiger partial charge >= 0.3 is 11.9 Å². The summed E-state index contributed by atoms with van der Waals surface area (Å²) in [5.74, 6) is -4.15. The lowest BCUT2D eigenvalue weighted by atomic mass is 9.96. The third kappa shape index (κ3) is 1.49. The van der Waals surface area contributed by atoms with Crippen molar-refractivity contribution in [2.24, 2.45) is 0 Å². The molecule has 0 saturated carbocycles. The minimum absolute atomic E-state index is 0.958. The van der Waals surface area contributed by atoms with Crippen molar-refractivity contribution in [1.29, 1.82) is 0 Å². The van der Waals surface area contributed by atoms with E-state index in [1.807, 2.05) is 0 Å². The first-order valence-corrected chi connectivity index (χ1v) is 3.71. The maximum Gasteiger partial charge on any atom is 0.381 e. The highest BCUT2D eigenvalue weighted by molar-refractivity contribution is 4.96. The minimum atomic E-state index is -4.18. The van der Waals surface area contributed by atoms with Crippen LogP contribution in [0.25, 0.3) is 0 Å². The predicted molar refractivity (Wildman–Crippen MR) is 36.1 cm³/mol. The molecule has 1 fully saturated rings. The van der Waals surface area contributed by atoms with E-state index in [9.17, 15) is 8.78 Å². The van der Waals surface area contributed by atoms with Crippen LogP contribution in [0.2, 0.25) is 0 Å². The molecule has 1 heterocycles. The largest absolute Gasteiger partial charge is 0.394 e. The average molecular weight is 216 g/mol. The highest BCUT2D eigenvalue weighted by Crippen LogP contribution is 2.38. The zero-order valence-corrected chi connectivity index (χ0v) is 6.84. The Balaban J connectivity index is 2.95. The Kier molecular flexibility index (Phi) is 2.78. The molecule has 84 valence electrons. The van der Waals surface area contributed by atoms with Crippen molar-refractivity contribution in [3.63, 3.8) is 0 Å². The summed E-state index contributed by atoms with van der Waals surface area (Å²) in [5, 5.41) is 43.6. The Morgan fingerprint density at radius 3 is 2.14 bits per heavy atom. The number of hydrogen-bond donors (Lipinski definition) is 5. The minimum Gasteiger partial charge on any atom is -0.394 e. The van der Waals surface area contributed by atoms with Gasteiger partial charge in [0.05, 0.1) is 6.61 Å². The fourth-order valence-corrected chi connectivity index (χ4v) is 1.11. The molecule has 5 N–H and O–H groups in total. The molecule has 0 radical (unpaired) electrons. The zero-order valence-electron chi connectivity index (χ0n) is 6.84. The van der Waals surface area contributed by atoms with Crippen molar-refractivity contribution in [1.82, 2.24) is 0 Å². The van der Waals surface area contributed by atoms with E-state index in [2.05, 4.69) is 4.74 Å². The summed E-state index contributed by atoms with van der Waals surface area (Å²) in [7, 11) is 0. The van der Waals surface area contributed by atoms with E-state index in [4.69, 9.17) is 25.5 Å². The normalized spacial score (nSPS) is 54.6. The monoisotopic (exact) mass is 216 g/mol. The highest BCUT2D eigenvalue weighted by Gasteiger charge is 2.66. The summed E-state index contributed by atoms with van der Waals surface area (Å²) < 4.78 is 29.6. The van der Waals surface area contributed by atoms with Crippen LogP contribution in [0.4, 0.5) is 8.78 Å². The number of ether oxygens (including phenoxy) is 1. The Hall–Kier alpha value is -0.380. The molecule has 1 rings (SSSR count). The van der Waals surface area contributed by atoms with Crippen LogP contribution < -0.4 is 0 Å². The molecule has 1 saturated heterocycles. The first-order chi connectivity index (χ1) is 6.24. The highest BCUT2D eigenvalue weighted by atomic mass is 19.2. The van der Waals surface area contributed by atoms with Gasteiger partial charge in [-0.1, -0.05) is 0 Å². The van der Waals surface area contributed by atoms with Gasteiger partial charge < -0.3 is 30.3 Å². The van der Waals surface area contributed by atoms with E-state index in [1.165, 1.54) is 0 Å². The fraction of sp³-hybridized carbons (Fsp3) is 1.00. The Bertz CT molecular complexity index is 220. The topological polar surface area (TPSA) is 110 Å². The van der Waals surface area contributed by atoms with Gasteiger partial charge in [-0.25, -0.2) is 0 Å². The van der Waals surface area contributed by atoms with Crippen molar-refractivity contribution in [2.45, 2.75) is 30.2 Å². The Morgan fingerprint density at radius 1 is 1.21 bits per heavy atom. The molecular weight excluding hydrogens is 206 g/mol. The summed E-state index contributed by atoms with van der Waals surface area (Å²) in [4.78, 5) is 0. The zero-order chi connectivity index (χ0) is 11.1. The molecule has 0 aromatic rings. The summed E-state index contributed by atoms with van der Waals surface area (Å²) in [6.07, 6.45) is -6.40. The maximum absolute atomic E-state index is 12.9. The van der Waals surface area contributed by atoms with Gasteiger partial charge in [-0.3, -0.25) is 0 Å². The first-order valence-electron chi connectivity index (χ1n) is 3.71. The van der Waals surface area contributed by atoms with Crippen molar-refractivity contribution >= 4 is 0 Å². The number of aliphatic hydroxyl groups is 5. The molecular formula is C6H10F2O6. The molecule has 0 aliphatic carbocycles. The van der Waals surface area contributed by atoms with Gasteiger partial charge in [-0.05, 0) is 0 Å². The molecule has 6 nitrogen and oxygen atoms in total. The number of aliphatic hydroxyl groups excluding tert-OH is 3. The van der Waals surface area contributed by atoms with Crippen LogP contribution in [0.15, 0.2) is 0 Å². The summed E-state index contributed by atoms with van der Waals surface area (Å²) in [5.41, 5.74) is 0. The summed E-state index contributed by atoms with van der Waals surface area (Å²) in [6.45, 7) is -0.958. The van der Waals surface area contributed by atoms with Crippen molar-refractivity contribution in [2.75, 3.05) is 6.61 Å². The van der Waals surface area contributed by atoms with Crippen molar-refractivity contribution < 1.29 is 39.1 Å². The number of hydrogen-bond acceptors (Lipinski definition) is 6. The molecule has 0 unspecified atom stereocenters. The lowest BCUT2D eigenvalue weighted by Gasteiger charge is -2.43. The Labute approximate surface area is 77.0 Å². The second-order valence-corrected chi connectivity index (χ2v) is 3.01. The number of halogens is 2. The SMILES string of the molecule is OC[C@H]1O[C@@](O)(F)[C@@](O)(F)[C@@H](O)[C@H]1O. The molecule has 5 atom stereocenters. The quantitative estimate of drug-likeness (QED) is 0.328. The summed E-state index contributed by atoms with van der Waals surface area (Å²) >= 11 is 0. The molecule has 0 spiro atoms. The summed E-state index contributed by atoms with van der Waals surface area (Å²) in [6, 6.07) is -4.18. The van der Waals surface area contributed by atoms with Crippen LogP contribution in [0.3, 0.4) is 0 Å². The van der Waals surface area contributed by atoms with Crippen molar-refractivity contribution in [3.05, 3.63) is 0 Å². The molecule has 1 aliphatic heterocycles. The van der Waals surface area contributed by atoms with E-state index in [0.717, 1.165) is 0 Å². The standard InChI is InChI=1S/C6H10F2O6/c7-5(12)4(11)3(10)2(1-9)14-6(5,8)13/h2-4,9-13H,1H2/t2-,3+,4+,5-,6-/m1/s1. The van der Waals surface area contributed by atoms with Crippen LogP contribution in [-0.2, 0) is 4.74 Å². The number of alkyl halides is 2. The molecule has 0 amide bonds. The van der Waals surface area contributed by atoms with Gasteiger partial charge in [0.25, 0.3) is 0 Å². The van der Waals surface area contributed by atoms with Gasteiger partial charge in [0.2, 0.25) is 0 Å². The molecule has 14 heavy (non-hydrogen) atoms. The van der Waals surface area contributed by atoms with E-state index < -0.39 is 36.8 Å².